The molecule has 0 aliphatic heterocycles. The molecule has 0 bridgehead atoms. The fourth-order valence-corrected chi connectivity index (χ4v) is 3.79. The van der Waals surface area contributed by atoms with Crippen molar-refractivity contribution in [3.05, 3.63) is 72.2 Å². The number of sulfone groups is 1. The van der Waals surface area contributed by atoms with Gasteiger partial charge in [0, 0.05) is 18.1 Å². The lowest BCUT2D eigenvalue weighted by atomic mass is 10.1. The van der Waals surface area contributed by atoms with Crippen molar-refractivity contribution in [2.24, 2.45) is 0 Å². The van der Waals surface area contributed by atoms with Crippen molar-refractivity contribution in [1.29, 1.82) is 0 Å². The van der Waals surface area contributed by atoms with E-state index in [2.05, 4.69) is 30.8 Å². The molecule has 4 rings (SSSR count). The van der Waals surface area contributed by atoms with Crippen LogP contribution in [0.15, 0.2) is 70.1 Å². The quantitative estimate of drug-likeness (QED) is 0.314. The third kappa shape index (κ3) is 5.78. The van der Waals surface area contributed by atoms with E-state index in [1.807, 2.05) is 0 Å². The van der Waals surface area contributed by atoms with E-state index < -0.39 is 33.8 Å². The van der Waals surface area contributed by atoms with E-state index in [1.54, 1.807) is 30.3 Å². The van der Waals surface area contributed by atoms with Gasteiger partial charge >= 0.3 is 12.1 Å². The summed E-state index contributed by atoms with van der Waals surface area (Å²) < 4.78 is 67.1. The van der Waals surface area contributed by atoms with E-state index in [0.717, 1.165) is 6.26 Å². The Morgan fingerprint density at radius 3 is 2.33 bits per heavy atom. The first-order valence-corrected chi connectivity index (χ1v) is 12.2. The van der Waals surface area contributed by atoms with Crippen LogP contribution in [-0.2, 0) is 16.0 Å². The molecule has 0 fully saturated rings. The molecule has 3 N–H and O–H groups in total. The fourth-order valence-electron chi connectivity index (χ4n) is 3.15. The average Bonchev–Trinajstić information content (AvgIpc) is 3.34. The van der Waals surface area contributed by atoms with Crippen LogP contribution in [-0.4, -0.2) is 46.6 Å². The Morgan fingerprint density at radius 2 is 1.75 bits per heavy atom. The second-order valence-corrected chi connectivity index (χ2v) is 9.59. The number of nitrogens with one attached hydrogen (secondary N) is 2. The maximum atomic E-state index is 13.0. The highest BCUT2D eigenvalue weighted by Gasteiger charge is 2.38. The van der Waals surface area contributed by atoms with Gasteiger partial charge in [0.2, 0.25) is 5.95 Å². The number of anilines is 3. The molecule has 4 aromatic rings. The third-order valence-corrected chi connectivity index (χ3v) is 6.05. The summed E-state index contributed by atoms with van der Waals surface area (Å²) in [5, 5.41) is 22.3. The summed E-state index contributed by atoms with van der Waals surface area (Å²) in [5.74, 6) is -1.95. The average molecular weight is 520 g/mol. The van der Waals surface area contributed by atoms with E-state index in [9.17, 15) is 26.7 Å². The van der Waals surface area contributed by atoms with Crippen LogP contribution in [0, 0.1) is 0 Å². The lowest BCUT2D eigenvalue weighted by molar-refractivity contribution is -0.156. The molecule has 2 aromatic heterocycles. The summed E-state index contributed by atoms with van der Waals surface area (Å²) in [6.07, 6.45) is -2.56. The Kier molecular flexibility index (Phi) is 6.90. The molecule has 0 spiro atoms. The lowest BCUT2D eigenvalue weighted by Gasteiger charge is -2.19. The van der Waals surface area contributed by atoms with E-state index in [4.69, 9.17) is 4.42 Å². The van der Waals surface area contributed by atoms with Gasteiger partial charge in [-0.2, -0.15) is 18.2 Å². The van der Waals surface area contributed by atoms with Crippen molar-refractivity contribution in [1.82, 2.24) is 20.2 Å². The van der Waals surface area contributed by atoms with Gasteiger partial charge in [0.15, 0.2) is 9.84 Å². The van der Waals surface area contributed by atoms with Crippen molar-refractivity contribution >= 4 is 27.3 Å². The number of aliphatic hydroxyl groups excluding tert-OH is 1. The SMILES string of the molecule is CS(=O)(=O)c1ccc(Nc2ncc(-c3nnc(C(F)(F)F)o3)c(N[C@H](CO)c3ccccc3)n2)cc1. The summed E-state index contributed by atoms with van der Waals surface area (Å²) in [7, 11) is -3.38. The standard InChI is InChI=1S/C22H19F3N6O4S/c1-36(33,34)15-9-7-14(8-10-15)27-21-26-11-16(19-30-31-20(35-19)22(23,24)25)18(29-21)28-17(12-32)13-5-3-2-4-6-13/h2-11,17,32H,12H2,1H3,(H2,26,27,28,29)/t17-/m1/s1. The number of aliphatic hydroxyl groups is 1. The van der Waals surface area contributed by atoms with Crippen molar-refractivity contribution in [3.63, 3.8) is 0 Å². The Labute approximate surface area is 203 Å². The van der Waals surface area contributed by atoms with Crippen molar-refractivity contribution in [2.75, 3.05) is 23.5 Å². The van der Waals surface area contributed by atoms with Crippen LogP contribution in [0.2, 0.25) is 0 Å². The minimum absolute atomic E-state index is 0.0144. The van der Waals surface area contributed by atoms with Gasteiger partial charge in [-0.3, -0.25) is 0 Å². The Bertz CT molecular complexity index is 1440. The molecule has 2 aromatic carbocycles. The zero-order valence-corrected chi connectivity index (χ0v) is 19.4. The minimum atomic E-state index is -4.84. The molecule has 0 unspecified atom stereocenters. The Balaban J connectivity index is 1.70. The Hall–Kier alpha value is -4.04. The summed E-state index contributed by atoms with van der Waals surface area (Å²) >= 11 is 0. The molecule has 10 nitrogen and oxygen atoms in total. The first-order valence-electron chi connectivity index (χ1n) is 10.3. The molecule has 0 aliphatic carbocycles. The lowest BCUT2D eigenvalue weighted by Crippen LogP contribution is -2.17. The van der Waals surface area contributed by atoms with Crippen molar-refractivity contribution in [3.8, 4) is 11.5 Å². The molecule has 14 heteroatoms. The Morgan fingerprint density at radius 1 is 1.06 bits per heavy atom. The van der Waals surface area contributed by atoms with Crippen LogP contribution in [0.1, 0.15) is 17.5 Å². The van der Waals surface area contributed by atoms with Crippen molar-refractivity contribution in [2.45, 2.75) is 17.1 Å². The number of halogens is 3. The first-order chi connectivity index (χ1) is 17.0. The van der Waals surface area contributed by atoms with Gasteiger partial charge in [0.25, 0.3) is 5.89 Å². The maximum Gasteiger partial charge on any atom is 0.470 e. The first kappa shape index (κ1) is 25.1. The second kappa shape index (κ2) is 9.91. The molecular formula is C22H19F3N6O4S. The smallest absolute Gasteiger partial charge is 0.412 e. The molecular weight excluding hydrogens is 501 g/mol. The summed E-state index contributed by atoms with van der Waals surface area (Å²) in [6.45, 7) is -0.360. The molecule has 1 atom stereocenters. The van der Waals surface area contributed by atoms with Crippen LogP contribution in [0.25, 0.3) is 11.5 Å². The molecule has 0 aliphatic rings. The number of rotatable bonds is 8. The van der Waals surface area contributed by atoms with Crippen molar-refractivity contribution < 1.29 is 31.1 Å². The molecule has 0 radical (unpaired) electrons. The van der Waals surface area contributed by atoms with E-state index in [1.165, 1.54) is 30.5 Å². The van der Waals surface area contributed by atoms with Gasteiger partial charge in [-0.15, -0.1) is 10.2 Å². The molecule has 36 heavy (non-hydrogen) atoms. The molecule has 188 valence electrons. The largest absolute Gasteiger partial charge is 0.470 e. The van der Waals surface area contributed by atoms with Crippen LogP contribution >= 0.6 is 0 Å². The number of aromatic nitrogens is 4. The van der Waals surface area contributed by atoms with Crippen LogP contribution in [0.3, 0.4) is 0 Å². The number of nitrogens with zero attached hydrogens (tertiary/aromatic N) is 4. The van der Waals surface area contributed by atoms with E-state index >= 15 is 0 Å². The monoisotopic (exact) mass is 520 g/mol. The summed E-state index contributed by atoms with van der Waals surface area (Å²) in [6, 6.07) is 14.0. The van der Waals surface area contributed by atoms with Gasteiger partial charge in [-0.1, -0.05) is 30.3 Å². The van der Waals surface area contributed by atoms with Gasteiger partial charge in [-0.05, 0) is 29.8 Å². The van der Waals surface area contributed by atoms with Crippen LogP contribution < -0.4 is 10.6 Å². The topological polar surface area (TPSA) is 143 Å². The number of benzene rings is 2. The number of hydrogen-bond acceptors (Lipinski definition) is 10. The van der Waals surface area contributed by atoms with Gasteiger partial charge in [0.1, 0.15) is 5.82 Å². The van der Waals surface area contributed by atoms with E-state index in [-0.39, 0.29) is 28.8 Å². The second-order valence-electron chi connectivity index (χ2n) is 7.58. The number of alkyl halides is 3. The predicted molar refractivity (Wildman–Crippen MR) is 123 cm³/mol. The predicted octanol–water partition coefficient (Wildman–Crippen LogP) is 3.84. The van der Waals surface area contributed by atoms with Crippen LogP contribution in [0.4, 0.5) is 30.6 Å². The fraction of sp³-hybridized carbons (Fsp3) is 0.182. The molecule has 0 amide bonds. The zero-order chi connectivity index (χ0) is 25.9. The minimum Gasteiger partial charge on any atom is -0.412 e. The number of hydrogen-bond donors (Lipinski definition) is 3. The highest BCUT2D eigenvalue weighted by Crippen LogP contribution is 2.34. The maximum absolute atomic E-state index is 13.0. The van der Waals surface area contributed by atoms with Crippen LogP contribution in [0.5, 0.6) is 0 Å². The summed E-state index contributed by atoms with van der Waals surface area (Å²) in [4.78, 5) is 8.56. The highest BCUT2D eigenvalue weighted by atomic mass is 32.2. The van der Waals surface area contributed by atoms with Gasteiger partial charge < -0.3 is 20.2 Å². The van der Waals surface area contributed by atoms with Gasteiger partial charge in [0.05, 0.1) is 23.1 Å². The molecule has 0 saturated heterocycles. The van der Waals surface area contributed by atoms with E-state index in [0.29, 0.717) is 11.3 Å². The summed E-state index contributed by atoms with van der Waals surface area (Å²) in [5.41, 5.74) is 1.13. The zero-order valence-electron chi connectivity index (χ0n) is 18.6. The highest BCUT2D eigenvalue weighted by molar-refractivity contribution is 7.90. The van der Waals surface area contributed by atoms with Gasteiger partial charge in [-0.25, -0.2) is 13.4 Å². The molecule has 0 saturated carbocycles. The molecule has 2 heterocycles. The normalized spacial score (nSPS) is 12.8. The third-order valence-electron chi connectivity index (χ3n) is 4.92.